The van der Waals surface area contributed by atoms with Gasteiger partial charge in [-0.15, -0.1) is 0 Å². The number of carbonyl (C=O) groups excluding carboxylic acids is 1. The minimum atomic E-state index is -4.03. The van der Waals surface area contributed by atoms with Crippen molar-refractivity contribution < 1.29 is 17.8 Å². The van der Waals surface area contributed by atoms with Crippen molar-refractivity contribution in [3.8, 4) is 0 Å². The van der Waals surface area contributed by atoms with Crippen molar-refractivity contribution in [1.82, 2.24) is 4.90 Å². The van der Waals surface area contributed by atoms with E-state index in [0.29, 0.717) is 6.42 Å². The Hall–Kier alpha value is -0.620. The Balaban J connectivity index is 2.12. The van der Waals surface area contributed by atoms with E-state index in [9.17, 15) is 13.2 Å². The summed E-state index contributed by atoms with van der Waals surface area (Å²) < 4.78 is 31.4. The molecule has 0 bridgehead atoms. The minimum Gasteiger partial charge on any atom is -0.339 e. The van der Waals surface area contributed by atoms with Crippen LogP contribution in [0.1, 0.15) is 129 Å². The molecule has 1 N–H and O–H groups in total. The summed E-state index contributed by atoms with van der Waals surface area (Å²) in [7, 11) is -4.03. The molecule has 1 amide bonds. The Kier molecular flexibility index (Phi) is 15.5. The lowest BCUT2D eigenvalue weighted by molar-refractivity contribution is -0.134. The lowest BCUT2D eigenvalue weighted by atomic mass is 9.94. The Labute approximate surface area is 186 Å². The molecule has 0 aromatic carbocycles. The average Bonchev–Trinajstić information content (AvgIpc) is 2.71. The molecule has 0 atom stereocenters. The molecule has 0 aromatic heterocycles. The van der Waals surface area contributed by atoms with Gasteiger partial charge in [0, 0.05) is 19.0 Å². The molecule has 0 aromatic rings. The predicted molar refractivity (Wildman–Crippen MR) is 125 cm³/mol. The van der Waals surface area contributed by atoms with E-state index in [1.807, 2.05) is 0 Å². The van der Waals surface area contributed by atoms with Crippen LogP contribution in [0, 0.1) is 0 Å². The van der Waals surface area contributed by atoms with Gasteiger partial charge >= 0.3 is 0 Å². The van der Waals surface area contributed by atoms with E-state index in [-0.39, 0.29) is 24.2 Å². The zero-order valence-electron chi connectivity index (χ0n) is 19.5. The van der Waals surface area contributed by atoms with Gasteiger partial charge in [-0.25, -0.2) is 0 Å². The maximum absolute atomic E-state index is 12.7. The Morgan fingerprint density at radius 1 is 0.800 bits per heavy atom. The van der Waals surface area contributed by atoms with Crippen molar-refractivity contribution in [3.05, 3.63) is 0 Å². The van der Waals surface area contributed by atoms with E-state index in [1.54, 1.807) is 4.90 Å². The second kappa shape index (κ2) is 17.0. The zero-order chi connectivity index (χ0) is 22.1. The van der Waals surface area contributed by atoms with E-state index in [4.69, 9.17) is 4.55 Å². The van der Waals surface area contributed by atoms with Gasteiger partial charge in [0.05, 0.1) is 5.75 Å². The molecule has 1 fully saturated rings. The monoisotopic (exact) mass is 445 g/mol. The first-order valence-electron chi connectivity index (χ1n) is 12.7. The number of carbonyl (C=O) groups is 1. The highest BCUT2D eigenvalue weighted by Crippen LogP contribution is 2.24. The van der Waals surface area contributed by atoms with Crippen molar-refractivity contribution in [2.75, 3.05) is 12.3 Å². The van der Waals surface area contributed by atoms with Gasteiger partial charge in [-0.05, 0) is 19.3 Å². The Morgan fingerprint density at radius 2 is 1.27 bits per heavy atom. The molecule has 30 heavy (non-hydrogen) atoms. The molecule has 1 aliphatic carbocycles. The second-order valence-electron chi connectivity index (χ2n) is 9.16. The largest absolute Gasteiger partial charge is 0.339 e. The smallest absolute Gasteiger partial charge is 0.266 e. The van der Waals surface area contributed by atoms with E-state index < -0.39 is 10.1 Å². The zero-order valence-corrected chi connectivity index (χ0v) is 20.3. The van der Waals surface area contributed by atoms with Gasteiger partial charge in [-0.1, -0.05) is 103 Å². The van der Waals surface area contributed by atoms with Crippen molar-refractivity contribution in [2.24, 2.45) is 0 Å². The third-order valence-corrected chi connectivity index (χ3v) is 7.12. The van der Waals surface area contributed by atoms with Crippen molar-refractivity contribution >= 4 is 16.0 Å². The number of hydrogen-bond donors (Lipinski definition) is 1. The summed E-state index contributed by atoms with van der Waals surface area (Å²) in [6.45, 7) is 2.38. The molecular weight excluding hydrogens is 398 g/mol. The van der Waals surface area contributed by atoms with Crippen LogP contribution in [0.15, 0.2) is 0 Å². The molecule has 0 aliphatic heterocycles. The predicted octanol–water partition coefficient (Wildman–Crippen LogP) is 6.52. The summed E-state index contributed by atoms with van der Waals surface area (Å²) in [5, 5.41) is 0. The SMILES string of the molecule is CCCCCCCCCCCCCCCC(=O)N(CCS(=O)(=O)O)C1CCCCC1. The molecule has 0 spiro atoms. The van der Waals surface area contributed by atoms with Crippen LogP contribution in [-0.4, -0.2) is 42.1 Å². The molecule has 0 saturated heterocycles. The molecule has 178 valence electrons. The lowest BCUT2D eigenvalue weighted by Gasteiger charge is -2.34. The molecule has 1 saturated carbocycles. The van der Waals surface area contributed by atoms with Crippen LogP contribution in [0.4, 0.5) is 0 Å². The van der Waals surface area contributed by atoms with Crippen LogP contribution < -0.4 is 0 Å². The third kappa shape index (κ3) is 14.4. The summed E-state index contributed by atoms with van der Waals surface area (Å²) in [4.78, 5) is 14.5. The van der Waals surface area contributed by atoms with Gasteiger partial charge < -0.3 is 4.90 Å². The van der Waals surface area contributed by atoms with Crippen LogP contribution in [0.3, 0.4) is 0 Å². The third-order valence-electron chi connectivity index (χ3n) is 6.42. The molecular formula is C24H47NO4S. The molecule has 1 rings (SSSR count). The average molecular weight is 446 g/mol. The van der Waals surface area contributed by atoms with Crippen LogP contribution in [0.2, 0.25) is 0 Å². The van der Waals surface area contributed by atoms with Crippen LogP contribution in [0.5, 0.6) is 0 Å². The Bertz CT molecular complexity index is 529. The minimum absolute atomic E-state index is 0.0635. The molecule has 5 nitrogen and oxygen atoms in total. The molecule has 0 heterocycles. The maximum atomic E-state index is 12.7. The van der Waals surface area contributed by atoms with Crippen molar-refractivity contribution in [3.63, 3.8) is 0 Å². The van der Waals surface area contributed by atoms with Gasteiger partial charge in [0.25, 0.3) is 10.1 Å². The molecule has 0 radical (unpaired) electrons. The fraction of sp³-hybridized carbons (Fsp3) is 0.958. The van der Waals surface area contributed by atoms with Gasteiger partial charge in [0.2, 0.25) is 5.91 Å². The first-order valence-corrected chi connectivity index (χ1v) is 14.3. The maximum Gasteiger partial charge on any atom is 0.266 e. The van der Waals surface area contributed by atoms with Gasteiger partial charge in [0.1, 0.15) is 0 Å². The van der Waals surface area contributed by atoms with Gasteiger partial charge in [-0.2, -0.15) is 8.42 Å². The fourth-order valence-electron chi connectivity index (χ4n) is 4.55. The van der Waals surface area contributed by atoms with Crippen molar-refractivity contribution in [1.29, 1.82) is 0 Å². The number of rotatable bonds is 18. The van der Waals surface area contributed by atoms with Gasteiger partial charge in [-0.3, -0.25) is 9.35 Å². The summed E-state index contributed by atoms with van der Waals surface area (Å²) in [6, 6.07) is 0.148. The molecule has 6 heteroatoms. The highest BCUT2D eigenvalue weighted by atomic mass is 32.2. The fourth-order valence-corrected chi connectivity index (χ4v) is 4.98. The van der Waals surface area contributed by atoms with E-state index in [1.165, 1.54) is 77.0 Å². The number of amides is 1. The topological polar surface area (TPSA) is 74.7 Å². The normalized spacial score (nSPS) is 15.4. The lowest BCUT2D eigenvalue weighted by Crippen LogP contribution is -2.43. The summed E-state index contributed by atoms with van der Waals surface area (Å²) in [5.41, 5.74) is 0. The first kappa shape index (κ1) is 27.4. The standard InChI is InChI=1S/C24H47NO4S/c1-2-3-4-5-6-7-8-9-10-11-12-13-17-20-24(26)25(21-22-30(27,28)29)23-18-15-14-16-19-23/h23H,2-22H2,1H3,(H,27,28,29). The van der Waals surface area contributed by atoms with Crippen LogP contribution >= 0.6 is 0 Å². The summed E-state index contributed by atoms with van der Waals surface area (Å²) in [6.07, 6.45) is 22.4. The summed E-state index contributed by atoms with van der Waals surface area (Å²) in [5.74, 6) is -0.290. The number of hydrogen-bond acceptors (Lipinski definition) is 3. The number of unbranched alkanes of at least 4 members (excludes halogenated alkanes) is 12. The summed E-state index contributed by atoms with van der Waals surface area (Å²) >= 11 is 0. The van der Waals surface area contributed by atoms with E-state index >= 15 is 0 Å². The van der Waals surface area contributed by atoms with E-state index in [0.717, 1.165) is 38.5 Å². The first-order chi connectivity index (χ1) is 14.4. The Morgan fingerprint density at radius 3 is 1.73 bits per heavy atom. The quantitative estimate of drug-likeness (QED) is 0.192. The second-order valence-corrected chi connectivity index (χ2v) is 10.7. The highest BCUT2D eigenvalue weighted by Gasteiger charge is 2.26. The number of nitrogens with zero attached hydrogens (tertiary/aromatic N) is 1. The van der Waals surface area contributed by atoms with E-state index in [2.05, 4.69) is 6.92 Å². The van der Waals surface area contributed by atoms with Crippen LogP contribution in [0.25, 0.3) is 0 Å². The van der Waals surface area contributed by atoms with Crippen molar-refractivity contribution in [2.45, 2.75) is 135 Å². The highest BCUT2D eigenvalue weighted by molar-refractivity contribution is 7.85. The molecule has 1 aliphatic rings. The van der Waals surface area contributed by atoms with Crippen LogP contribution in [-0.2, 0) is 14.9 Å². The molecule has 0 unspecified atom stereocenters. The van der Waals surface area contributed by atoms with Gasteiger partial charge in [0.15, 0.2) is 0 Å².